The summed E-state index contributed by atoms with van der Waals surface area (Å²) in [5.41, 5.74) is 2.38. The van der Waals surface area contributed by atoms with Crippen LogP contribution in [0.3, 0.4) is 0 Å². The molecule has 0 radical (unpaired) electrons. The van der Waals surface area contributed by atoms with E-state index in [0.29, 0.717) is 0 Å². The van der Waals surface area contributed by atoms with Gasteiger partial charge in [0.2, 0.25) is 0 Å². The normalized spacial score (nSPS) is 23.6. The lowest BCUT2D eigenvalue weighted by molar-refractivity contribution is 0.259. The van der Waals surface area contributed by atoms with Crippen LogP contribution in [-0.2, 0) is 11.0 Å². The Morgan fingerprint density at radius 1 is 1.38 bits per heavy atom. The van der Waals surface area contributed by atoms with Gasteiger partial charge in [0.1, 0.15) is 11.3 Å². The summed E-state index contributed by atoms with van der Waals surface area (Å²) in [6, 6.07) is 2.09. The van der Waals surface area contributed by atoms with Crippen molar-refractivity contribution >= 4 is 11.0 Å². The summed E-state index contributed by atoms with van der Waals surface area (Å²) in [6.07, 6.45) is 7.31. The summed E-state index contributed by atoms with van der Waals surface area (Å²) in [5, 5.41) is 3.58. The summed E-state index contributed by atoms with van der Waals surface area (Å²) in [6.45, 7) is 11.2. The number of imidazole rings is 1. The second-order valence-electron chi connectivity index (χ2n) is 7.22. The molecule has 0 spiro atoms. The minimum atomic E-state index is 0.0189. The molecule has 2 aromatic heterocycles. The van der Waals surface area contributed by atoms with Crippen molar-refractivity contribution < 1.29 is 0 Å². The number of aromatic nitrogens is 3. The zero-order valence-corrected chi connectivity index (χ0v) is 13.6. The number of hydrogen-bond acceptors (Lipinski definition) is 3. The van der Waals surface area contributed by atoms with Gasteiger partial charge in [0.15, 0.2) is 0 Å². The molecule has 1 atom stereocenters. The molecule has 0 aromatic carbocycles. The smallest absolute Gasteiger partial charge is 0.117 e. The van der Waals surface area contributed by atoms with Crippen LogP contribution in [0.5, 0.6) is 0 Å². The summed E-state index contributed by atoms with van der Waals surface area (Å²) in [5.74, 6) is 1.23. The molecular formula is C17H26N4. The van der Waals surface area contributed by atoms with Crippen LogP contribution < -0.4 is 5.32 Å². The molecular weight excluding hydrogens is 260 g/mol. The number of nitrogens with zero attached hydrogens (tertiary/aromatic N) is 3. The van der Waals surface area contributed by atoms with Gasteiger partial charge in [0.25, 0.3) is 0 Å². The van der Waals surface area contributed by atoms with E-state index in [1.54, 1.807) is 0 Å². The lowest BCUT2D eigenvalue weighted by atomic mass is 9.77. The van der Waals surface area contributed by atoms with Crippen molar-refractivity contribution in [1.82, 2.24) is 19.9 Å². The number of rotatable bonds is 2. The Kier molecular flexibility index (Phi) is 3.52. The predicted molar refractivity (Wildman–Crippen MR) is 86.6 cm³/mol. The molecule has 21 heavy (non-hydrogen) atoms. The zero-order valence-electron chi connectivity index (χ0n) is 13.6. The Balaban J connectivity index is 2.26. The van der Waals surface area contributed by atoms with Crippen molar-refractivity contribution in [1.29, 1.82) is 0 Å². The lowest BCUT2D eigenvalue weighted by Crippen LogP contribution is -2.46. The van der Waals surface area contributed by atoms with Crippen LogP contribution >= 0.6 is 0 Å². The number of piperidine rings is 1. The van der Waals surface area contributed by atoms with Crippen molar-refractivity contribution in [3.63, 3.8) is 0 Å². The highest BCUT2D eigenvalue weighted by Crippen LogP contribution is 2.38. The SMILES string of the molecule is CCC1(c2nc3cnccc3n2C(C)(C)C)CCCNC1. The van der Waals surface area contributed by atoms with Crippen LogP contribution in [0.4, 0.5) is 0 Å². The Labute approximate surface area is 127 Å². The first-order valence-corrected chi connectivity index (χ1v) is 8.02. The van der Waals surface area contributed by atoms with E-state index in [1.807, 2.05) is 12.4 Å². The molecule has 1 unspecified atom stereocenters. The Hall–Kier alpha value is -1.42. The molecule has 114 valence electrons. The van der Waals surface area contributed by atoms with Gasteiger partial charge in [-0.3, -0.25) is 4.98 Å². The predicted octanol–water partition coefficient (Wildman–Crippen LogP) is 3.22. The highest BCUT2D eigenvalue weighted by atomic mass is 15.2. The fraction of sp³-hybridized carbons (Fsp3) is 0.647. The summed E-state index contributed by atoms with van der Waals surface area (Å²) >= 11 is 0. The minimum Gasteiger partial charge on any atom is -0.322 e. The topological polar surface area (TPSA) is 42.7 Å². The van der Waals surface area contributed by atoms with Crippen molar-refractivity contribution in [2.75, 3.05) is 13.1 Å². The Bertz CT molecular complexity index is 630. The van der Waals surface area contributed by atoms with Crippen LogP contribution in [0.15, 0.2) is 18.5 Å². The molecule has 0 aliphatic carbocycles. The van der Waals surface area contributed by atoms with Crippen molar-refractivity contribution in [2.45, 2.75) is 57.9 Å². The lowest BCUT2D eigenvalue weighted by Gasteiger charge is -2.39. The van der Waals surface area contributed by atoms with Gasteiger partial charge in [-0.25, -0.2) is 4.98 Å². The van der Waals surface area contributed by atoms with Crippen molar-refractivity contribution in [2.24, 2.45) is 0 Å². The third-order valence-corrected chi connectivity index (χ3v) is 4.75. The molecule has 1 aliphatic heterocycles. The minimum absolute atomic E-state index is 0.0189. The number of pyridine rings is 1. The first-order valence-electron chi connectivity index (χ1n) is 8.02. The van der Waals surface area contributed by atoms with Gasteiger partial charge in [-0.05, 0) is 52.6 Å². The molecule has 0 saturated carbocycles. The first-order chi connectivity index (χ1) is 9.98. The fourth-order valence-corrected chi connectivity index (χ4v) is 3.59. The molecule has 4 heteroatoms. The zero-order chi connectivity index (χ0) is 15.1. The van der Waals surface area contributed by atoms with Gasteiger partial charge in [-0.2, -0.15) is 0 Å². The van der Waals surface area contributed by atoms with E-state index < -0.39 is 0 Å². The quantitative estimate of drug-likeness (QED) is 0.921. The van der Waals surface area contributed by atoms with Gasteiger partial charge in [0.05, 0.1) is 11.7 Å². The van der Waals surface area contributed by atoms with Gasteiger partial charge < -0.3 is 9.88 Å². The number of fused-ring (bicyclic) bond motifs is 1. The summed E-state index contributed by atoms with van der Waals surface area (Å²) in [7, 11) is 0. The standard InChI is InChI=1S/C17H26N4/c1-5-17(8-6-9-19-12-17)15-20-13-11-18-10-7-14(13)21(15)16(2,3)4/h7,10-11,19H,5-6,8-9,12H2,1-4H3. The molecule has 4 nitrogen and oxygen atoms in total. The molecule has 1 N–H and O–H groups in total. The molecule has 0 bridgehead atoms. The van der Waals surface area contributed by atoms with Crippen LogP contribution in [0.2, 0.25) is 0 Å². The highest BCUT2D eigenvalue weighted by Gasteiger charge is 2.39. The van der Waals surface area contributed by atoms with E-state index >= 15 is 0 Å². The van der Waals surface area contributed by atoms with Crippen LogP contribution in [-0.4, -0.2) is 27.6 Å². The van der Waals surface area contributed by atoms with E-state index in [4.69, 9.17) is 4.98 Å². The number of nitrogens with one attached hydrogen (secondary N) is 1. The van der Waals surface area contributed by atoms with Gasteiger partial charge in [-0.1, -0.05) is 6.92 Å². The monoisotopic (exact) mass is 286 g/mol. The van der Waals surface area contributed by atoms with Crippen LogP contribution in [0.1, 0.15) is 52.8 Å². The van der Waals surface area contributed by atoms with E-state index in [0.717, 1.165) is 25.0 Å². The summed E-state index contributed by atoms with van der Waals surface area (Å²) < 4.78 is 2.43. The van der Waals surface area contributed by atoms with Crippen molar-refractivity contribution in [3.8, 4) is 0 Å². The highest BCUT2D eigenvalue weighted by molar-refractivity contribution is 5.75. The average Bonchev–Trinajstić information content (AvgIpc) is 2.88. The fourth-order valence-electron chi connectivity index (χ4n) is 3.59. The maximum Gasteiger partial charge on any atom is 0.117 e. The van der Waals surface area contributed by atoms with E-state index in [9.17, 15) is 0 Å². The summed E-state index contributed by atoms with van der Waals surface area (Å²) in [4.78, 5) is 9.26. The van der Waals surface area contributed by atoms with Crippen LogP contribution in [0.25, 0.3) is 11.0 Å². The maximum absolute atomic E-state index is 5.01. The molecule has 0 amide bonds. The van der Waals surface area contributed by atoms with E-state index in [1.165, 1.54) is 24.2 Å². The number of hydrogen-bond donors (Lipinski definition) is 1. The van der Waals surface area contributed by atoms with Crippen LogP contribution in [0, 0.1) is 0 Å². The van der Waals surface area contributed by atoms with E-state index in [-0.39, 0.29) is 11.0 Å². The second-order valence-corrected chi connectivity index (χ2v) is 7.22. The van der Waals surface area contributed by atoms with Crippen molar-refractivity contribution in [3.05, 3.63) is 24.3 Å². The third-order valence-electron chi connectivity index (χ3n) is 4.75. The molecule has 1 aliphatic rings. The average molecular weight is 286 g/mol. The molecule has 1 saturated heterocycles. The largest absolute Gasteiger partial charge is 0.322 e. The first kappa shape index (κ1) is 14.5. The Morgan fingerprint density at radius 2 is 2.19 bits per heavy atom. The molecule has 3 heterocycles. The molecule has 2 aromatic rings. The molecule has 1 fully saturated rings. The second kappa shape index (κ2) is 5.09. The van der Waals surface area contributed by atoms with Gasteiger partial charge in [-0.15, -0.1) is 0 Å². The maximum atomic E-state index is 5.01. The molecule has 3 rings (SSSR count). The van der Waals surface area contributed by atoms with Gasteiger partial charge >= 0.3 is 0 Å². The Morgan fingerprint density at radius 3 is 2.81 bits per heavy atom. The third kappa shape index (κ3) is 2.35. The van der Waals surface area contributed by atoms with Gasteiger partial charge in [0, 0.05) is 23.7 Å². The van der Waals surface area contributed by atoms with E-state index in [2.05, 4.69) is 48.6 Å².